The first kappa shape index (κ1) is 29.7. The number of hydrogen-bond acceptors (Lipinski definition) is 2. The van der Waals surface area contributed by atoms with Crippen molar-refractivity contribution in [2.75, 3.05) is 0 Å². The Bertz CT molecular complexity index is 2620. The third-order valence-electron chi connectivity index (χ3n) is 13.5. The Morgan fingerprint density at radius 2 is 0.885 bits per heavy atom. The molecule has 0 radical (unpaired) electrons. The van der Waals surface area contributed by atoms with Gasteiger partial charge in [-0.1, -0.05) is 115 Å². The molecule has 0 aromatic heterocycles. The lowest BCUT2D eigenvalue weighted by Gasteiger charge is -2.61. The van der Waals surface area contributed by atoms with Crippen molar-refractivity contribution >= 4 is 21.5 Å². The third kappa shape index (κ3) is 3.99. The lowest BCUT2D eigenvalue weighted by Crippen LogP contribution is -2.55. The first-order valence-electron chi connectivity index (χ1n) is 18.9. The highest BCUT2D eigenvalue weighted by atomic mass is 14.6. The van der Waals surface area contributed by atoms with Gasteiger partial charge in [-0.3, -0.25) is 0 Å². The smallest absolute Gasteiger partial charge is 0.101 e. The number of rotatable bonds is 3. The van der Waals surface area contributed by atoms with Crippen molar-refractivity contribution in [2.24, 2.45) is 23.7 Å². The molecule has 0 amide bonds. The van der Waals surface area contributed by atoms with Gasteiger partial charge in [0, 0.05) is 5.41 Å². The van der Waals surface area contributed by atoms with E-state index in [1.54, 1.807) is 0 Å². The summed E-state index contributed by atoms with van der Waals surface area (Å²) in [5, 5.41) is 25.3. The zero-order valence-electron chi connectivity index (χ0n) is 28.9. The van der Waals surface area contributed by atoms with Crippen molar-refractivity contribution in [3.8, 4) is 56.6 Å². The van der Waals surface area contributed by atoms with Crippen LogP contribution in [-0.2, 0) is 5.41 Å². The van der Waals surface area contributed by atoms with Crippen LogP contribution in [0.15, 0.2) is 133 Å². The van der Waals surface area contributed by atoms with Crippen LogP contribution in [0.1, 0.15) is 54.4 Å². The van der Waals surface area contributed by atoms with E-state index in [0.29, 0.717) is 23.0 Å². The average molecular weight is 665 g/mol. The van der Waals surface area contributed by atoms with Crippen LogP contribution in [0.3, 0.4) is 0 Å². The summed E-state index contributed by atoms with van der Waals surface area (Å²) in [5.41, 5.74) is 13.5. The Kier molecular flexibility index (Phi) is 6.30. The molecule has 0 heterocycles. The van der Waals surface area contributed by atoms with Gasteiger partial charge in [0.2, 0.25) is 0 Å². The van der Waals surface area contributed by atoms with Gasteiger partial charge in [0.15, 0.2) is 0 Å². The highest BCUT2D eigenvalue weighted by Gasteiger charge is 2.61. The van der Waals surface area contributed by atoms with E-state index in [-0.39, 0.29) is 5.41 Å². The summed E-state index contributed by atoms with van der Waals surface area (Å²) in [6, 6.07) is 53.7. The number of nitriles is 2. The van der Waals surface area contributed by atoms with Gasteiger partial charge in [0.1, 0.15) is 12.1 Å². The fourth-order valence-electron chi connectivity index (χ4n) is 11.8. The van der Waals surface area contributed by atoms with Gasteiger partial charge in [-0.15, -0.1) is 0 Å². The third-order valence-corrected chi connectivity index (χ3v) is 13.5. The van der Waals surface area contributed by atoms with E-state index in [2.05, 4.69) is 140 Å². The predicted octanol–water partition coefficient (Wildman–Crippen LogP) is 12.5. The van der Waals surface area contributed by atoms with Crippen LogP contribution in [-0.4, -0.2) is 0 Å². The van der Waals surface area contributed by atoms with Crippen LogP contribution in [0.5, 0.6) is 0 Å². The Morgan fingerprint density at radius 3 is 1.46 bits per heavy atom. The lowest BCUT2D eigenvalue weighted by molar-refractivity contribution is -0.0399. The van der Waals surface area contributed by atoms with E-state index in [4.69, 9.17) is 0 Å². The SMILES string of the molecule is N#Cc1cc2c(cc1C#N)C1(c3cc(-c4c5ccccc5c(-c5ccc(-c6ccccc6)cc5)c5ccccc45)ccc3-2)C2CC3CC(C2)CC1C3. The van der Waals surface area contributed by atoms with E-state index < -0.39 is 0 Å². The van der Waals surface area contributed by atoms with Crippen molar-refractivity contribution in [3.63, 3.8) is 0 Å². The van der Waals surface area contributed by atoms with Gasteiger partial charge in [0.05, 0.1) is 11.1 Å². The Balaban J connectivity index is 1.15. The normalized spacial score (nSPS) is 23.4. The van der Waals surface area contributed by atoms with Gasteiger partial charge in [0.25, 0.3) is 0 Å². The summed E-state index contributed by atoms with van der Waals surface area (Å²) in [6.45, 7) is 0. The second-order valence-electron chi connectivity index (χ2n) is 15.9. The maximum absolute atomic E-state index is 10.2. The molecule has 5 aliphatic carbocycles. The average Bonchev–Trinajstić information content (AvgIpc) is 3.47. The Morgan fingerprint density at radius 1 is 0.423 bits per heavy atom. The summed E-state index contributed by atoms with van der Waals surface area (Å²) in [7, 11) is 0. The molecular formula is C50H36N2. The van der Waals surface area contributed by atoms with Crippen LogP contribution in [0.25, 0.3) is 66.1 Å². The number of nitrogens with zero attached hydrogens (tertiary/aromatic N) is 2. The molecule has 2 nitrogen and oxygen atoms in total. The van der Waals surface area contributed by atoms with Gasteiger partial charge in [-0.25, -0.2) is 0 Å². The van der Waals surface area contributed by atoms with Crippen LogP contribution in [0.2, 0.25) is 0 Å². The molecule has 0 aliphatic heterocycles. The molecule has 7 aromatic carbocycles. The summed E-state index contributed by atoms with van der Waals surface area (Å²) in [5.74, 6) is 2.76. The summed E-state index contributed by atoms with van der Waals surface area (Å²) in [6.07, 6.45) is 6.45. The lowest BCUT2D eigenvalue weighted by atomic mass is 9.43. The second kappa shape index (κ2) is 11.0. The molecule has 5 aliphatic rings. The highest BCUT2D eigenvalue weighted by Crippen LogP contribution is 2.69. The maximum atomic E-state index is 10.2. The van der Waals surface area contributed by atoms with Crippen molar-refractivity contribution in [1.82, 2.24) is 0 Å². The summed E-state index contributed by atoms with van der Waals surface area (Å²) < 4.78 is 0. The van der Waals surface area contributed by atoms with E-state index in [1.165, 1.54) is 109 Å². The minimum absolute atomic E-state index is 0.111. The molecule has 0 atom stereocenters. The van der Waals surface area contributed by atoms with E-state index in [1.807, 2.05) is 6.07 Å². The van der Waals surface area contributed by atoms with E-state index in [9.17, 15) is 10.5 Å². The molecule has 4 saturated carbocycles. The molecule has 0 N–H and O–H groups in total. The molecule has 4 fully saturated rings. The van der Waals surface area contributed by atoms with Gasteiger partial charge in [-0.05, 0) is 151 Å². The van der Waals surface area contributed by atoms with Crippen molar-refractivity contribution < 1.29 is 0 Å². The minimum atomic E-state index is -0.111. The number of benzene rings is 7. The maximum Gasteiger partial charge on any atom is 0.101 e. The molecule has 0 saturated heterocycles. The number of hydrogen-bond donors (Lipinski definition) is 0. The van der Waals surface area contributed by atoms with Gasteiger partial charge < -0.3 is 0 Å². The highest BCUT2D eigenvalue weighted by molar-refractivity contribution is 6.21. The summed E-state index contributed by atoms with van der Waals surface area (Å²) in [4.78, 5) is 0. The molecule has 1 spiro atoms. The molecule has 0 unspecified atom stereocenters. The van der Waals surface area contributed by atoms with Crippen molar-refractivity contribution in [1.29, 1.82) is 10.5 Å². The van der Waals surface area contributed by atoms with Crippen LogP contribution in [0, 0.1) is 46.3 Å². The van der Waals surface area contributed by atoms with E-state index >= 15 is 0 Å². The first-order valence-corrected chi connectivity index (χ1v) is 18.9. The minimum Gasteiger partial charge on any atom is -0.192 e. The zero-order chi connectivity index (χ0) is 34.6. The van der Waals surface area contributed by atoms with Gasteiger partial charge >= 0.3 is 0 Å². The van der Waals surface area contributed by atoms with Crippen molar-refractivity contribution in [2.45, 2.75) is 37.5 Å². The summed E-state index contributed by atoms with van der Waals surface area (Å²) >= 11 is 0. The second-order valence-corrected chi connectivity index (χ2v) is 15.9. The van der Waals surface area contributed by atoms with E-state index in [0.717, 1.165) is 11.8 Å². The largest absolute Gasteiger partial charge is 0.192 e. The van der Waals surface area contributed by atoms with Crippen LogP contribution >= 0.6 is 0 Å². The molecule has 12 rings (SSSR count). The van der Waals surface area contributed by atoms with Gasteiger partial charge in [-0.2, -0.15) is 10.5 Å². The zero-order valence-corrected chi connectivity index (χ0v) is 28.9. The fourth-order valence-corrected chi connectivity index (χ4v) is 11.8. The fraction of sp³-hybridized carbons (Fsp3) is 0.200. The predicted molar refractivity (Wildman–Crippen MR) is 210 cm³/mol. The van der Waals surface area contributed by atoms with Crippen molar-refractivity contribution in [3.05, 3.63) is 156 Å². The van der Waals surface area contributed by atoms with Crippen LogP contribution in [0.4, 0.5) is 0 Å². The molecule has 7 aromatic rings. The Hall–Kier alpha value is -5.96. The standard InChI is InChI=1S/C50H36N2/c51-28-36-25-45-40-19-18-35(26-46(40)50(47(45)27-37(36)29-52)38-21-30-20-31(23-38)24-39(50)22-30)49-43-12-6-4-10-41(43)48(42-11-5-7-13-44(42)49)34-16-14-33(15-17-34)32-8-2-1-3-9-32/h1-19,25-27,30-31,38-39H,20-24H2. The molecule has 4 bridgehead atoms. The molecule has 246 valence electrons. The number of fused-ring (bicyclic) bond motifs is 5. The Labute approximate surface area is 304 Å². The topological polar surface area (TPSA) is 47.6 Å². The molecular weight excluding hydrogens is 629 g/mol. The monoisotopic (exact) mass is 664 g/mol. The molecule has 2 heteroatoms. The first-order chi connectivity index (χ1) is 25.6. The van der Waals surface area contributed by atoms with Crippen LogP contribution < -0.4 is 0 Å². The quantitative estimate of drug-likeness (QED) is 0.177. The molecule has 52 heavy (non-hydrogen) atoms.